The third-order valence-electron chi connectivity index (χ3n) is 5.48. The number of anilines is 1. The third kappa shape index (κ3) is 5.75. The summed E-state index contributed by atoms with van der Waals surface area (Å²) in [5, 5.41) is 12.2. The number of hydrogen-bond acceptors (Lipinski definition) is 8. The largest absolute Gasteiger partial charge is 0.493 e. The van der Waals surface area contributed by atoms with Gasteiger partial charge in [-0.05, 0) is 55.5 Å². The number of benzene rings is 3. The van der Waals surface area contributed by atoms with Gasteiger partial charge >= 0.3 is 0 Å². The van der Waals surface area contributed by atoms with Crippen molar-refractivity contribution in [3.8, 4) is 34.3 Å². The lowest BCUT2D eigenvalue weighted by atomic mass is 10.1. The SMILES string of the molecule is COc1cc(-c2nnc(SCC(=O)Nc3ccc(C(C)=O)cc3)n2-c2ccccc2)cc(OC)c1OC. The van der Waals surface area contributed by atoms with Crippen LogP contribution in [0.2, 0.25) is 0 Å². The number of ketones is 1. The number of thioether (sulfide) groups is 1. The molecule has 0 bridgehead atoms. The van der Waals surface area contributed by atoms with Crippen molar-refractivity contribution in [2.45, 2.75) is 12.1 Å². The summed E-state index contributed by atoms with van der Waals surface area (Å²) in [6.45, 7) is 1.50. The zero-order chi connectivity index (χ0) is 26.4. The van der Waals surface area contributed by atoms with Crippen LogP contribution in [0, 0.1) is 0 Å². The number of nitrogens with zero attached hydrogens (tertiary/aromatic N) is 3. The molecule has 10 heteroatoms. The van der Waals surface area contributed by atoms with E-state index in [0.717, 1.165) is 5.69 Å². The molecule has 37 heavy (non-hydrogen) atoms. The molecule has 0 saturated heterocycles. The van der Waals surface area contributed by atoms with Crippen LogP contribution in [0.4, 0.5) is 5.69 Å². The van der Waals surface area contributed by atoms with Gasteiger partial charge in [-0.2, -0.15) is 0 Å². The average molecular weight is 519 g/mol. The first-order chi connectivity index (χ1) is 17.9. The molecule has 0 unspecified atom stereocenters. The van der Waals surface area contributed by atoms with E-state index in [-0.39, 0.29) is 17.4 Å². The maximum atomic E-state index is 12.7. The van der Waals surface area contributed by atoms with E-state index < -0.39 is 0 Å². The Morgan fingerprint density at radius 3 is 2.11 bits per heavy atom. The van der Waals surface area contributed by atoms with Gasteiger partial charge in [-0.3, -0.25) is 14.2 Å². The third-order valence-corrected chi connectivity index (χ3v) is 6.41. The molecule has 1 aromatic heterocycles. The molecule has 1 N–H and O–H groups in total. The standard InChI is InChI=1S/C27H26N4O5S/c1-17(32)18-10-12-20(13-11-18)28-24(33)16-37-27-30-29-26(31(27)21-8-6-5-7-9-21)19-14-22(34-2)25(36-4)23(15-19)35-3/h5-15H,16H2,1-4H3,(H,28,33). The summed E-state index contributed by atoms with van der Waals surface area (Å²) in [6, 6.07) is 20.0. The Hall–Kier alpha value is -4.31. The van der Waals surface area contributed by atoms with Gasteiger partial charge < -0.3 is 19.5 Å². The molecule has 3 aromatic carbocycles. The highest BCUT2D eigenvalue weighted by Gasteiger charge is 2.21. The van der Waals surface area contributed by atoms with E-state index in [1.54, 1.807) is 57.7 Å². The van der Waals surface area contributed by atoms with Gasteiger partial charge in [0, 0.05) is 22.5 Å². The highest BCUT2D eigenvalue weighted by Crippen LogP contribution is 2.41. The molecular weight excluding hydrogens is 492 g/mol. The van der Waals surface area contributed by atoms with Crippen LogP contribution < -0.4 is 19.5 Å². The van der Waals surface area contributed by atoms with Crippen LogP contribution in [0.3, 0.4) is 0 Å². The molecule has 0 spiro atoms. The smallest absolute Gasteiger partial charge is 0.234 e. The lowest BCUT2D eigenvalue weighted by molar-refractivity contribution is -0.113. The molecule has 4 rings (SSSR count). The number of carbonyl (C=O) groups is 2. The number of hydrogen-bond donors (Lipinski definition) is 1. The summed E-state index contributed by atoms with van der Waals surface area (Å²) in [4.78, 5) is 24.1. The molecule has 0 aliphatic heterocycles. The second kappa shape index (κ2) is 11.6. The van der Waals surface area contributed by atoms with E-state index >= 15 is 0 Å². The van der Waals surface area contributed by atoms with Gasteiger partial charge in [-0.25, -0.2) is 0 Å². The van der Waals surface area contributed by atoms with Crippen molar-refractivity contribution in [1.29, 1.82) is 0 Å². The lowest BCUT2D eigenvalue weighted by Gasteiger charge is -2.15. The minimum absolute atomic E-state index is 0.0309. The molecule has 1 heterocycles. The van der Waals surface area contributed by atoms with Crippen molar-refractivity contribution in [2.24, 2.45) is 0 Å². The molecule has 4 aromatic rings. The Morgan fingerprint density at radius 1 is 0.892 bits per heavy atom. The monoisotopic (exact) mass is 518 g/mol. The maximum absolute atomic E-state index is 12.7. The van der Waals surface area contributed by atoms with Crippen LogP contribution in [-0.2, 0) is 4.79 Å². The molecule has 190 valence electrons. The summed E-state index contributed by atoms with van der Waals surface area (Å²) in [5.74, 6) is 1.87. The molecule has 1 amide bonds. The fraction of sp³-hybridized carbons (Fsp3) is 0.185. The molecular formula is C27H26N4O5S. The first-order valence-corrected chi connectivity index (χ1v) is 12.3. The Bertz CT molecular complexity index is 1380. The number of Topliss-reactive ketones (excluding diaryl/α,β-unsaturated/α-hetero) is 1. The summed E-state index contributed by atoms with van der Waals surface area (Å²) in [5.41, 5.74) is 2.73. The van der Waals surface area contributed by atoms with Crippen LogP contribution in [0.25, 0.3) is 17.1 Å². The number of nitrogens with one attached hydrogen (secondary N) is 1. The van der Waals surface area contributed by atoms with E-state index in [9.17, 15) is 9.59 Å². The number of amides is 1. The van der Waals surface area contributed by atoms with Crippen molar-refractivity contribution in [3.05, 3.63) is 72.3 Å². The predicted molar refractivity (Wildman–Crippen MR) is 142 cm³/mol. The van der Waals surface area contributed by atoms with Crippen molar-refractivity contribution in [1.82, 2.24) is 14.8 Å². The van der Waals surface area contributed by atoms with E-state index in [1.165, 1.54) is 18.7 Å². The summed E-state index contributed by atoms with van der Waals surface area (Å²) in [7, 11) is 4.65. The van der Waals surface area contributed by atoms with Gasteiger partial charge in [-0.15, -0.1) is 10.2 Å². The number of para-hydroxylation sites is 1. The van der Waals surface area contributed by atoms with Gasteiger partial charge in [0.2, 0.25) is 11.7 Å². The summed E-state index contributed by atoms with van der Waals surface area (Å²) in [6.07, 6.45) is 0. The quantitative estimate of drug-likeness (QED) is 0.234. The van der Waals surface area contributed by atoms with Crippen molar-refractivity contribution < 1.29 is 23.8 Å². The van der Waals surface area contributed by atoms with Gasteiger partial charge in [0.25, 0.3) is 0 Å². The van der Waals surface area contributed by atoms with Crippen molar-refractivity contribution in [2.75, 3.05) is 32.4 Å². The van der Waals surface area contributed by atoms with Crippen LogP contribution >= 0.6 is 11.8 Å². The first-order valence-electron chi connectivity index (χ1n) is 11.3. The summed E-state index contributed by atoms with van der Waals surface area (Å²) < 4.78 is 18.3. The molecule has 0 fully saturated rings. The van der Waals surface area contributed by atoms with Crippen LogP contribution in [-0.4, -0.2) is 53.5 Å². The fourth-order valence-electron chi connectivity index (χ4n) is 3.69. The first kappa shape index (κ1) is 25.8. The van der Waals surface area contributed by atoms with E-state index in [1.807, 2.05) is 34.9 Å². The van der Waals surface area contributed by atoms with Crippen LogP contribution in [0.15, 0.2) is 71.9 Å². The van der Waals surface area contributed by atoms with Crippen LogP contribution in [0.1, 0.15) is 17.3 Å². The normalized spacial score (nSPS) is 10.6. The highest BCUT2D eigenvalue weighted by molar-refractivity contribution is 7.99. The number of ether oxygens (including phenoxy) is 3. The number of carbonyl (C=O) groups excluding carboxylic acids is 2. The highest BCUT2D eigenvalue weighted by atomic mass is 32.2. The lowest BCUT2D eigenvalue weighted by Crippen LogP contribution is -2.14. The second-order valence-corrected chi connectivity index (χ2v) is 8.80. The van der Waals surface area contributed by atoms with Crippen molar-refractivity contribution in [3.63, 3.8) is 0 Å². The zero-order valence-corrected chi connectivity index (χ0v) is 21.7. The summed E-state index contributed by atoms with van der Waals surface area (Å²) >= 11 is 1.26. The Morgan fingerprint density at radius 2 is 1.54 bits per heavy atom. The molecule has 0 aliphatic rings. The van der Waals surface area contributed by atoms with Gasteiger partial charge in [0.1, 0.15) is 0 Å². The second-order valence-electron chi connectivity index (χ2n) is 7.86. The molecule has 0 radical (unpaired) electrons. The van der Waals surface area contributed by atoms with E-state index in [0.29, 0.717) is 45.0 Å². The minimum Gasteiger partial charge on any atom is -0.493 e. The number of methoxy groups -OCH3 is 3. The van der Waals surface area contributed by atoms with Crippen molar-refractivity contribution >= 4 is 29.1 Å². The number of aromatic nitrogens is 3. The molecule has 0 aliphatic carbocycles. The molecule has 9 nitrogen and oxygen atoms in total. The van der Waals surface area contributed by atoms with E-state index in [4.69, 9.17) is 14.2 Å². The molecule has 0 atom stereocenters. The Kier molecular flexibility index (Phi) is 8.09. The fourth-order valence-corrected chi connectivity index (χ4v) is 4.44. The van der Waals surface area contributed by atoms with Gasteiger partial charge in [0.05, 0.1) is 27.1 Å². The number of rotatable bonds is 10. The van der Waals surface area contributed by atoms with Gasteiger partial charge in [0.15, 0.2) is 28.3 Å². The predicted octanol–water partition coefficient (Wildman–Crippen LogP) is 4.89. The Balaban J connectivity index is 1.63. The van der Waals surface area contributed by atoms with E-state index in [2.05, 4.69) is 15.5 Å². The molecule has 0 saturated carbocycles. The average Bonchev–Trinajstić information content (AvgIpc) is 3.35. The minimum atomic E-state index is -0.211. The Labute approximate surface area is 218 Å². The zero-order valence-electron chi connectivity index (χ0n) is 20.8. The van der Waals surface area contributed by atoms with Crippen LogP contribution in [0.5, 0.6) is 17.2 Å². The van der Waals surface area contributed by atoms with Gasteiger partial charge in [-0.1, -0.05) is 30.0 Å². The maximum Gasteiger partial charge on any atom is 0.234 e. The topological polar surface area (TPSA) is 105 Å².